The van der Waals surface area contributed by atoms with E-state index in [2.05, 4.69) is 0 Å². The lowest BCUT2D eigenvalue weighted by molar-refractivity contribution is -0.104. The number of allylic oxidation sites excluding steroid dienone is 1. The number of methoxy groups -OCH3 is 2. The first-order chi connectivity index (χ1) is 14.6. The summed E-state index contributed by atoms with van der Waals surface area (Å²) in [6, 6.07) is 9.20. The summed E-state index contributed by atoms with van der Waals surface area (Å²) in [5.74, 6) is -0.170. The van der Waals surface area contributed by atoms with Gasteiger partial charge in [0.15, 0.2) is 0 Å². The molecule has 0 aliphatic rings. The van der Waals surface area contributed by atoms with Crippen LogP contribution in [0.4, 0.5) is 5.69 Å². The van der Waals surface area contributed by atoms with E-state index in [4.69, 9.17) is 9.47 Å². The Kier molecular flexibility index (Phi) is 7.46. The van der Waals surface area contributed by atoms with Crippen LogP contribution in [0.2, 0.25) is 0 Å². The zero-order valence-electron chi connectivity index (χ0n) is 18.4. The number of aldehydes is 1. The number of hydrogen-bond donors (Lipinski definition) is 0. The van der Waals surface area contributed by atoms with Crippen LogP contribution >= 0.6 is 0 Å². The molecule has 0 radical (unpaired) electrons. The highest BCUT2D eigenvalue weighted by molar-refractivity contribution is 7.92. The second-order valence-electron chi connectivity index (χ2n) is 6.91. The Hall–Kier alpha value is -3.33. The van der Waals surface area contributed by atoms with Crippen LogP contribution < -0.4 is 9.04 Å². The van der Waals surface area contributed by atoms with Gasteiger partial charge in [-0.25, -0.2) is 13.2 Å². The Balaban J connectivity index is 2.69. The van der Waals surface area contributed by atoms with E-state index in [1.165, 1.54) is 45.5 Å². The van der Waals surface area contributed by atoms with E-state index in [0.717, 1.165) is 4.31 Å². The molecule has 0 aromatic heterocycles. The first kappa shape index (κ1) is 23.9. The predicted octanol–water partition coefficient (Wildman–Crippen LogP) is 2.72. The highest BCUT2D eigenvalue weighted by atomic mass is 32.2. The van der Waals surface area contributed by atoms with Gasteiger partial charge >= 0.3 is 5.97 Å². The molecule has 0 saturated carbocycles. The Morgan fingerprint density at radius 2 is 1.65 bits per heavy atom. The molecule has 0 saturated heterocycles. The minimum Gasteiger partial charge on any atom is -0.497 e. The highest BCUT2D eigenvalue weighted by Crippen LogP contribution is 2.33. The summed E-state index contributed by atoms with van der Waals surface area (Å²) in [5.41, 5.74) is 1.92. The fourth-order valence-electron chi connectivity index (χ4n) is 3.20. The maximum absolute atomic E-state index is 13.2. The van der Waals surface area contributed by atoms with Gasteiger partial charge in [0, 0.05) is 32.9 Å². The van der Waals surface area contributed by atoms with Gasteiger partial charge in [-0.05, 0) is 54.4 Å². The van der Waals surface area contributed by atoms with Crippen LogP contribution in [-0.2, 0) is 19.6 Å². The number of benzene rings is 2. The van der Waals surface area contributed by atoms with Crippen molar-refractivity contribution in [1.29, 1.82) is 0 Å². The van der Waals surface area contributed by atoms with Gasteiger partial charge in [-0.2, -0.15) is 0 Å². The molecular formula is C22H26N2O6S. The average molecular weight is 447 g/mol. The van der Waals surface area contributed by atoms with Crippen LogP contribution in [0.3, 0.4) is 0 Å². The van der Waals surface area contributed by atoms with Crippen LogP contribution in [0.25, 0.3) is 5.70 Å². The van der Waals surface area contributed by atoms with Gasteiger partial charge in [-0.15, -0.1) is 0 Å². The largest absolute Gasteiger partial charge is 0.497 e. The third-order valence-electron chi connectivity index (χ3n) is 4.74. The van der Waals surface area contributed by atoms with Crippen LogP contribution in [0, 0.1) is 6.92 Å². The molecule has 0 bridgehead atoms. The number of aryl methyl sites for hydroxylation is 1. The predicted molar refractivity (Wildman–Crippen MR) is 119 cm³/mol. The monoisotopic (exact) mass is 446 g/mol. The Morgan fingerprint density at radius 1 is 1.03 bits per heavy atom. The van der Waals surface area contributed by atoms with Crippen LogP contribution in [-0.4, -0.2) is 60.9 Å². The van der Waals surface area contributed by atoms with E-state index >= 15 is 0 Å². The van der Waals surface area contributed by atoms with Crippen molar-refractivity contribution in [2.75, 3.05) is 39.7 Å². The standard InChI is InChI=1S/C22H26N2O6S/c1-15-13-16(20(11-12-25)23(2)3)14-19(22(26)30-6)21(15)24(4)31(27,28)18-9-7-17(29-5)8-10-18/h7-14H,1-6H3. The second-order valence-corrected chi connectivity index (χ2v) is 8.88. The zero-order chi connectivity index (χ0) is 23.3. The van der Waals surface area contributed by atoms with Crippen LogP contribution in [0.15, 0.2) is 47.4 Å². The lowest BCUT2D eigenvalue weighted by Gasteiger charge is -2.26. The maximum Gasteiger partial charge on any atom is 0.340 e. The molecule has 2 aromatic carbocycles. The molecule has 0 spiro atoms. The average Bonchev–Trinajstić information content (AvgIpc) is 2.75. The zero-order valence-corrected chi connectivity index (χ0v) is 19.2. The first-order valence-corrected chi connectivity index (χ1v) is 10.7. The molecule has 9 heteroatoms. The van der Waals surface area contributed by atoms with Crippen molar-refractivity contribution in [3.05, 3.63) is 59.2 Å². The summed E-state index contributed by atoms with van der Waals surface area (Å²) in [6.45, 7) is 1.69. The van der Waals surface area contributed by atoms with Crippen molar-refractivity contribution in [3.63, 3.8) is 0 Å². The maximum atomic E-state index is 13.2. The number of ether oxygens (including phenoxy) is 2. The highest BCUT2D eigenvalue weighted by Gasteiger charge is 2.28. The third-order valence-corrected chi connectivity index (χ3v) is 6.51. The molecule has 8 nitrogen and oxygen atoms in total. The first-order valence-electron chi connectivity index (χ1n) is 9.27. The third kappa shape index (κ3) is 4.88. The van der Waals surface area contributed by atoms with Crippen molar-refractivity contribution < 1.29 is 27.5 Å². The molecule has 0 aliphatic carbocycles. The van der Waals surface area contributed by atoms with Crippen molar-refractivity contribution in [1.82, 2.24) is 4.90 Å². The van der Waals surface area contributed by atoms with Gasteiger partial charge in [-0.1, -0.05) is 0 Å². The minimum atomic E-state index is -3.97. The Bertz CT molecular complexity index is 1110. The summed E-state index contributed by atoms with van der Waals surface area (Å²) in [7, 11) is 3.64. The van der Waals surface area contributed by atoms with Crippen LogP contribution in [0.5, 0.6) is 5.75 Å². The molecular weight excluding hydrogens is 420 g/mol. The van der Waals surface area contributed by atoms with E-state index in [0.29, 0.717) is 28.9 Å². The van der Waals surface area contributed by atoms with E-state index in [1.807, 2.05) is 0 Å². The van der Waals surface area contributed by atoms with Crippen LogP contribution in [0.1, 0.15) is 21.5 Å². The SMILES string of the molecule is COC(=O)c1cc(C(=CC=O)N(C)C)cc(C)c1N(C)S(=O)(=O)c1ccc(OC)cc1. The molecule has 0 heterocycles. The van der Waals surface area contributed by atoms with Gasteiger partial charge in [0.1, 0.15) is 12.0 Å². The molecule has 0 fully saturated rings. The summed E-state index contributed by atoms with van der Waals surface area (Å²) in [6.07, 6.45) is 2.02. The molecule has 0 N–H and O–H groups in total. The van der Waals surface area contributed by atoms with Crippen molar-refractivity contribution in [3.8, 4) is 5.75 Å². The van der Waals surface area contributed by atoms with Crippen molar-refractivity contribution in [2.45, 2.75) is 11.8 Å². The fraction of sp³-hybridized carbons (Fsp3) is 0.273. The Labute approximate surface area is 182 Å². The second kappa shape index (κ2) is 9.65. The minimum absolute atomic E-state index is 0.0462. The number of anilines is 1. The summed E-state index contributed by atoms with van der Waals surface area (Å²) in [5, 5.41) is 0. The van der Waals surface area contributed by atoms with Crippen molar-refractivity contribution in [2.24, 2.45) is 0 Å². The number of carbonyl (C=O) groups excluding carboxylic acids is 2. The van der Waals surface area contributed by atoms with Crippen molar-refractivity contribution >= 4 is 33.7 Å². The molecule has 31 heavy (non-hydrogen) atoms. The number of hydrogen-bond acceptors (Lipinski definition) is 7. The lowest BCUT2D eigenvalue weighted by atomic mass is 10.0. The molecule has 166 valence electrons. The smallest absolute Gasteiger partial charge is 0.340 e. The summed E-state index contributed by atoms with van der Waals surface area (Å²) in [4.78, 5) is 25.4. The van der Waals surface area contributed by atoms with E-state index in [1.54, 1.807) is 44.1 Å². The number of esters is 1. The molecule has 0 amide bonds. The fourth-order valence-corrected chi connectivity index (χ4v) is 4.48. The molecule has 0 atom stereocenters. The normalized spacial score (nSPS) is 11.6. The molecule has 2 aromatic rings. The van der Waals surface area contributed by atoms with E-state index in [9.17, 15) is 18.0 Å². The topological polar surface area (TPSA) is 93.2 Å². The number of carbonyl (C=O) groups is 2. The number of nitrogens with zero attached hydrogens (tertiary/aromatic N) is 2. The van der Waals surface area contributed by atoms with Gasteiger partial charge in [0.2, 0.25) is 0 Å². The molecule has 0 aliphatic heterocycles. The lowest BCUT2D eigenvalue weighted by Crippen LogP contribution is -2.29. The number of rotatable bonds is 8. The summed E-state index contributed by atoms with van der Waals surface area (Å²) >= 11 is 0. The molecule has 2 rings (SSSR count). The van der Waals surface area contributed by atoms with Gasteiger partial charge in [-0.3, -0.25) is 9.10 Å². The van der Waals surface area contributed by atoms with E-state index in [-0.39, 0.29) is 16.1 Å². The molecule has 0 unspecified atom stereocenters. The summed E-state index contributed by atoms with van der Waals surface area (Å²) < 4.78 is 37.5. The number of sulfonamides is 1. The van der Waals surface area contributed by atoms with Gasteiger partial charge in [0.05, 0.1) is 30.4 Å². The van der Waals surface area contributed by atoms with E-state index < -0.39 is 16.0 Å². The quantitative estimate of drug-likeness (QED) is 0.350. The Morgan fingerprint density at radius 3 is 2.13 bits per heavy atom. The van der Waals surface area contributed by atoms with Gasteiger partial charge < -0.3 is 14.4 Å². The van der Waals surface area contributed by atoms with Gasteiger partial charge in [0.25, 0.3) is 10.0 Å².